The third-order valence-electron chi connectivity index (χ3n) is 3.81. The predicted molar refractivity (Wildman–Crippen MR) is 119 cm³/mol. The number of thiocarbonyl (C=S) groups is 1. The van der Waals surface area contributed by atoms with Crippen LogP contribution in [0.5, 0.6) is 0 Å². The molecule has 0 fully saturated rings. The Labute approximate surface area is 168 Å². The number of anilines is 1. The second-order valence-corrected chi connectivity index (χ2v) is 7.64. The molecule has 0 aromatic heterocycles. The van der Waals surface area contributed by atoms with Crippen LogP contribution in [0.2, 0.25) is 0 Å². The van der Waals surface area contributed by atoms with E-state index in [0.29, 0.717) is 15.8 Å². The minimum Gasteiger partial charge on any atom is -0.611 e. The summed E-state index contributed by atoms with van der Waals surface area (Å²) < 4.78 is 13.0. The highest BCUT2D eigenvalue weighted by atomic mass is 32.2. The van der Waals surface area contributed by atoms with Crippen molar-refractivity contribution in [3.8, 4) is 0 Å². The van der Waals surface area contributed by atoms with E-state index >= 15 is 0 Å². The van der Waals surface area contributed by atoms with Crippen LogP contribution in [0, 0.1) is 0 Å². The zero-order valence-electron chi connectivity index (χ0n) is 14.7. The van der Waals surface area contributed by atoms with Gasteiger partial charge in [-0.2, -0.15) is 0 Å². The van der Waals surface area contributed by atoms with Crippen LogP contribution in [-0.4, -0.2) is 9.67 Å². The maximum Gasteiger partial charge on any atom is 0.176 e. The maximum absolute atomic E-state index is 13.0. The van der Waals surface area contributed by atoms with Gasteiger partial charge in [0.1, 0.15) is 5.75 Å². The fraction of sp³-hybridized carbons (Fsp3) is 0.0455. The van der Waals surface area contributed by atoms with E-state index < -0.39 is 11.2 Å². The van der Waals surface area contributed by atoms with Crippen LogP contribution in [0.15, 0.2) is 97.2 Å². The summed E-state index contributed by atoms with van der Waals surface area (Å²) in [6.07, 6.45) is 1.73. The molecule has 3 aromatic rings. The molecule has 0 bridgehead atoms. The number of hydrogen-bond donors (Lipinski definition) is 2. The number of hydrogen-bond acceptors (Lipinski definition) is 2. The Hall–Kier alpha value is -2.60. The molecule has 0 aliphatic heterocycles. The molecule has 0 saturated heterocycles. The Morgan fingerprint density at radius 2 is 1.41 bits per heavy atom. The molecule has 0 spiro atoms. The predicted octanol–water partition coefficient (Wildman–Crippen LogP) is 4.92. The highest BCUT2D eigenvalue weighted by Gasteiger charge is 2.18. The third-order valence-corrected chi connectivity index (χ3v) is 5.47. The summed E-state index contributed by atoms with van der Waals surface area (Å²) in [6.45, 7) is 0. The summed E-state index contributed by atoms with van der Waals surface area (Å²) in [7, 11) is 0. The lowest BCUT2D eigenvalue weighted by Crippen LogP contribution is -2.24. The van der Waals surface area contributed by atoms with Gasteiger partial charge in [0.05, 0.1) is 6.20 Å². The van der Waals surface area contributed by atoms with Gasteiger partial charge in [-0.05, 0) is 47.7 Å². The number of benzene rings is 3. The van der Waals surface area contributed by atoms with Gasteiger partial charge in [0.25, 0.3) is 0 Å². The molecule has 27 heavy (non-hydrogen) atoms. The van der Waals surface area contributed by atoms with Crippen molar-refractivity contribution in [3.05, 3.63) is 108 Å². The quantitative estimate of drug-likeness (QED) is 0.462. The molecule has 2 N–H and O–H groups in total. The highest BCUT2D eigenvalue weighted by molar-refractivity contribution is 7.99. The van der Waals surface area contributed by atoms with Crippen molar-refractivity contribution in [2.45, 2.75) is 5.75 Å². The van der Waals surface area contributed by atoms with Crippen LogP contribution >= 0.6 is 12.2 Å². The van der Waals surface area contributed by atoms with Crippen molar-refractivity contribution in [2.24, 2.45) is 0 Å². The molecule has 3 aromatic carbocycles. The fourth-order valence-electron chi connectivity index (χ4n) is 2.51. The third kappa shape index (κ3) is 5.96. The van der Waals surface area contributed by atoms with Gasteiger partial charge in [-0.3, -0.25) is 0 Å². The van der Waals surface area contributed by atoms with Crippen LogP contribution in [0.3, 0.4) is 0 Å². The first-order chi connectivity index (χ1) is 13.2. The van der Waals surface area contributed by atoms with Crippen LogP contribution in [-0.2, 0) is 16.9 Å². The van der Waals surface area contributed by atoms with E-state index in [1.807, 2.05) is 91.0 Å². The second-order valence-electron chi connectivity index (χ2n) is 5.81. The number of para-hydroxylation sites is 1. The first-order valence-corrected chi connectivity index (χ1v) is 10.3. The lowest BCUT2D eigenvalue weighted by atomic mass is 10.2. The lowest BCUT2D eigenvalue weighted by molar-refractivity contribution is 0.604. The molecule has 1 atom stereocenters. The Morgan fingerprint density at radius 1 is 0.852 bits per heavy atom. The van der Waals surface area contributed by atoms with Crippen molar-refractivity contribution < 1.29 is 4.55 Å². The fourth-order valence-corrected chi connectivity index (χ4v) is 3.92. The molecule has 1 unspecified atom stereocenters. The first-order valence-electron chi connectivity index (χ1n) is 8.53. The van der Waals surface area contributed by atoms with E-state index in [1.165, 1.54) is 0 Å². The van der Waals surface area contributed by atoms with Gasteiger partial charge < -0.3 is 15.2 Å². The first kappa shape index (κ1) is 19.2. The van der Waals surface area contributed by atoms with Crippen molar-refractivity contribution in [2.75, 3.05) is 5.32 Å². The summed E-state index contributed by atoms with van der Waals surface area (Å²) in [5.41, 5.74) is 2.83. The smallest absolute Gasteiger partial charge is 0.176 e. The Bertz CT molecular complexity index is 884. The molecular formula is C22H20N2OS2. The Kier molecular flexibility index (Phi) is 7.04. The minimum atomic E-state index is -1.21. The van der Waals surface area contributed by atoms with Gasteiger partial charge in [-0.15, -0.1) is 0 Å². The van der Waals surface area contributed by atoms with Gasteiger partial charge >= 0.3 is 0 Å². The van der Waals surface area contributed by atoms with Gasteiger partial charge in [0.15, 0.2) is 10.0 Å². The molecule has 0 amide bonds. The van der Waals surface area contributed by atoms with Gasteiger partial charge in [0, 0.05) is 16.8 Å². The summed E-state index contributed by atoms with van der Waals surface area (Å²) in [6, 6.07) is 29.2. The molecule has 5 heteroatoms. The van der Waals surface area contributed by atoms with E-state index in [1.54, 1.807) is 6.20 Å². The largest absolute Gasteiger partial charge is 0.611 e. The second kappa shape index (κ2) is 9.92. The van der Waals surface area contributed by atoms with Crippen molar-refractivity contribution in [3.63, 3.8) is 0 Å². The van der Waals surface area contributed by atoms with Gasteiger partial charge in [-0.25, -0.2) is 0 Å². The Balaban J connectivity index is 1.75. The lowest BCUT2D eigenvalue weighted by Gasteiger charge is -2.15. The molecular weight excluding hydrogens is 372 g/mol. The van der Waals surface area contributed by atoms with E-state index in [2.05, 4.69) is 10.6 Å². The van der Waals surface area contributed by atoms with Crippen LogP contribution in [0.4, 0.5) is 5.69 Å². The summed E-state index contributed by atoms with van der Waals surface area (Å²) in [5, 5.41) is 6.63. The number of nitrogens with one attached hydrogen (secondary N) is 2. The van der Waals surface area contributed by atoms with E-state index in [-0.39, 0.29) is 0 Å². The SMILES string of the molecule is [O-][S+](Cc1ccccc1)/C(=C\NC(=S)Nc1ccccc1)c1ccccc1. The zero-order valence-corrected chi connectivity index (χ0v) is 16.3. The normalized spacial score (nSPS) is 12.3. The molecule has 0 aliphatic carbocycles. The summed E-state index contributed by atoms with van der Waals surface area (Å²) in [4.78, 5) is 0.705. The van der Waals surface area contributed by atoms with Crippen molar-refractivity contribution >= 4 is 39.1 Å². The minimum absolute atomic E-state index is 0.447. The van der Waals surface area contributed by atoms with Crippen LogP contribution in [0.25, 0.3) is 4.91 Å². The maximum atomic E-state index is 13.0. The molecule has 0 radical (unpaired) electrons. The molecule has 136 valence electrons. The van der Waals surface area contributed by atoms with E-state index in [4.69, 9.17) is 12.2 Å². The van der Waals surface area contributed by atoms with Gasteiger partial charge in [-0.1, -0.05) is 66.7 Å². The van der Waals surface area contributed by atoms with E-state index in [9.17, 15) is 4.55 Å². The van der Waals surface area contributed by atoms with Crippen molar-refractivity contribution in [1.29, 1.82) is 0 Å². The molecule has 0 saturated carbocycles. The van der Waals surface area contributed by atoms with Gasteiger partial charge in [0.2, 0.25) is 0 Å². The molecule has 3 rings (SSSR count). The number of rotatable bonds is 6. The molecule has 0 aliphatic rings. The summed E-state index contributed by atoms with van der Waals surface area (Å²) >= 11 is 4.14. The average Bonchev–Trinajstić information content (AvgIpc) is 2.70. The molecule has 3 nitrogen and oxygen atoms in total. The monoisotopic (exact) mass is 392 g/mol. The Morgan fingerprint density at radius 3 is 2.04 bits per heavy atom. The van der Waals surface area contributed by atoms with Crippen LogP contribution < -0.4 is 10.6 Å². The highest BCUT2D eigenvalue weighted by Crippen LogP contribution is 2.24. The molecule has 0 heterocycles. The average molecular weight is 393 g/mol. The van der Waals surface area contributed by atoms with Crippen molar-refractivity contribution in [1.82, 2.24) is 5.32 Å². The van der Waals surface area contributed by atoms with Crippen LogP contribution in [0.1, 0.15) is 11.1 Å². The zero-order chi connectivity index (χ0) is 18.9. The standard InChI is InChI=1S/C22H20N2OS2/c25-27(17-18-10-4-1-5-11-18)21(19-12-6-2-7-13-19)16-23-22(26)24-20-14-8-3-9-15-20/h1-16H,17H2,(H2,23,24,26)/b21-16-. The summed E-state index contributed by atoms with van der Waals surface area (Å²) in [5.74, 6) is 0.447. The topological polar surface area (TPSA) is 47.1 Å². The van der Waals surface area contributed by atoms with E-state index in [0.717, 1.165) is 16.8 Å².